The lowest BCUT2D eigenvalue weighted by Gasteiger charge is -2.16. The predicted octanol–water partition coefficient (Wildman–Crippen LogP) is 2.06. The molecule has 16 heavy (non-hydrogen) atoms. The summed E-state index contributed by atoms with van der Waals surface area (Å²) in [7, 11) is 0. The van der Waals surface area contributed by atoms with E-state index in [0.29, 0.717) is 0 Å². The number of ether oxygens (including phenoxy) is 1. The zero-order valence-corrected chi connectivity index (χ0v) is 10.2. The largest absolute Gasteiger partial charge is 0.493 e. The number of fused-ring (bicyclic) bond motifs is 1. The molecule has 0 aliphatic carbocycles. The topological polar surface area (TPSA) is 47.3 Å². The molecular formula is C12H17ClN2O. The molecule has 0 spiro atoms. The average molecular weight is 241 g/mol. The standard InChI is InChI=1S/C12H17ClN2O/c1-2-11(15-14)7-9-6-10(13)5-8-3-4-16-12(8)9/h5-6,11,15H,2-4,7,14H2,1H3. The van der Waals surface area contributed by atoms with Crippen molar-refractivity contribution in [3.63, 3.8) is 0 Å². The van der Waals surface area contributed by atoms with Gasteiger partial charge in [0.15, 0.2) is 0 Å². The van der Waals surface area contributed by atoms with E-state index in [1.54, 1.807) is 0 Å². The number of hydrogen-bond acceptors (Lipinski definition) is 3. The van der Waals surface area contributed by atoms with E-state index in [4.69, 9.17) is 22.2 Å². The van der Waals surface area contributed by atoms with Gasteiger partial charge in [-0.15, -0.1) is 0 Å². The van der Waals surface area contributed by atoms with Crippen LogP contribution in [0.5, 0.6) is 5.75 Å². The smallest absolute Gasteiger partial charge is 0.125 e. The van der Waals surface area contributed by atoms with Crippen molar-refractivity contribution in [1.82, 2.24) is 5.43 Å². The Bertz CT molecular complexity index is 378. The second kappa shape index (κ2) is 5.04. The monoisotopic (exact) mass is 240 g/mol. The van der Waals surface area contributed by atoms with Gasteiger partial charge >= 0.3 is 0 Å². The summed E-state index contributed by atoms with van der Waals surface area (Å²) in [5.41, 5.74) is 5.19. The van der Waals surface area contributed by atoms with E-state index < -0.39 is 0 Å². The summed E-state index contributed by atoms with van der Waals surface area (Å²) in [4.78, 5) is 0. The minimum atomic E-state index is 0.270. The van der Waals surface area contributed by atoms with E-state index in [-0.39, 0.29) is 6.04 Å². The zero-order chi connectivity index (χ0) is 11.5. The van der Waals surface area contributed by atoms with Crippen LogP contribution in [0, 0.1) is 0 Å². The van der Waals surface area contributed by atoms with Crippen LogP contribution in [0.4, 0.5) is 0 Å². The van der Waals surface area contributed by atoms with Crippen LogP contribution >= 0.6 is 11.6 Å². The Morgan fingerprint density at radius 2 is 2.38 bits per heavy atom. The summed E-state index contributed by atoms with van der Waals surface area (Å²) in [6.45, 7) is 2.87. The van der Waals surface area contributed by atoms with Crippen molar-refractivity contribution in [2.75, 3.05) is 6.61 Å². The first-order valence-electron chi connectivity index (χ1n) is 5.64. The van der Waals surface area contributed by atoms with Crippen molar-refractivity contribution in [2.24, 2.45) is 5.84 Å². The van der Waals surface area contributed by atoms with Gasteiger partial charge in [0.1, 0.15) is 5.75 Å². The molecule has 0 saturated carbocycles. The molecule has 1 aromatic carbocycles. The van der Waals surface area contributed by atoms with E-state index >= 15 is 0 Å². The predicted molar refractivity (Wildman–Crippen MR) is 65.8 cm³/mol. The van der Waals surface area contributed by atoms with Crippen molar-refractivity contribution in [2.45, 2.75) is 32.2 Å². The second-order valence-electron chi connectivity index (χ2n) is 4.13. The lowest BCUT2D eigenvalue weighted by Crippen LogP contribution is -2.36. The maximum atomic E-state index is 6.09. The Labute approximate surface area is 101 Å². The van der Waals surface area contributed by atoms with Crippen LogP contribution in [-0.4, -0.2) is 12.6 Å². The molecule has 3 nitrogen and oxygen atoms in total. The fourth-order valence-corrected chi connectivity index (χ4v) is 2.35. The summed E-state index contributed by atoms with van der Waals surface area (Å²) in [5, 5.41) is 0.783. The molecule has 2 rings (SSSR count). The Morgan fingerprint density at radius 3 is 3.06 bits per heavy atom. The summed E-state index contributed by atoms with van der Waals surface area (Å²) >= 11 is 6.09. The second-order valence-corrected chi connectivity index (χ2v) is 4.56. The van der Waals surface area contributed by atoms with Crippen molar-refractivity contribution in [3.8, 4) is 5.75 Å². The lowest BCUT2D eigenvalue weighted by molar-refractivity contribution is 0.351. The maximum Gasteiger partial charge on any atom is 0.125 e. The normalized spacial score (nSPS) is 15.7. The maximum absolute atomic E-state index is 6.09. The van der Waals surface area contributed by atoms with Gasteiger partial charge in [-0.3, -0.25) is 11.3 Å². The van der Waals surface area contributed by atoms with Gasteiger partial charge in [0.2, 0.25) is 0 Å². The molecule has 1 heterocycles. The molecule has 3 N–H and O–H groups in total. The molecule has 0 saturated heterocycles. The minimum absolute atomic E-state index is 0.270. The van der Waals surface area contributed by atoms with Crippen LogP contribution in [0.1, 0.15) is 24.5 Å². The third-order valence-electron chi connectivity index (χ3n) is 3.02. The zero-order valence-electron chi connectivity index (χ0n) is 9.42. The third-order valence-corrected chi connectivity index (χ3v) is 3.24. The molecule has 1 aliphatic heterocycles. The number of halogens is 1. The fourth-order valence-electron chi connectivity index (χ4n) is 2.08. The van der Waals surface area contributed by atoms with Crippen LogP contribution in [0.15, 0.2) is 12.1 Å². The molecule has 1 aliphatic rings. The molecule has 1 aromatic rings. The molecular weight excluding hydrogens is 224 g/mol. The summed E-state index contributed by atoms with van der Waals surface area (Å²) < 4.78 is 5.65. The van der Waals surface area contributed by atoms with Crippen molar-refractivity contribution in [3.05, 3.63) is 28.3 Å². The van der Waals surface area contributed by atoms with Gasteiger partial charge < -0.3 is 4.74 Å². The van der Waals surface area contributed by atoms with Crippen LogP contribution in [0.25, 0.3) is 0 Å². The summed E-state index contributed by atoms with van der Waals surface area (Å²) in [5.74, 6) is 6.50. The van der Waals surface area contributed by atoms with Crippen LogP contribution in [0.3, 0.4) is 0 Å². The van der Waals surface area contributed by atoms with E-state index in [1.165, 1.54) is 5.56 Å². The molecule has 0 radical (unpaired) electrons. The first-order chi connectivity index (χ1) is 7.74. The highest BCUT2D eigenvalue weighted by Crippen LogP contribution is 2.33. The van der Waals surface area contributed by atoms with Gasteiger partial charge in [-0.1, -0.05) is 18.5 Å². The molecule has 1 atom stereocenters. The first kappa shape index (κ1) is 11.7. The van der Waals surface area contributed by atoms with Gasteiger partial charge in [-0.25, -0.2) is 0 Å². The molecule has 0 amide bonds. The highest BCUT2D eigenvalue weighted by atomic mass is 35.5. The summed E-state index contributed by atoms with van der Waals surface area (Å²) in [6, 6.07) is 4.24. The Hall–Kier alpha value is -0.770. The lowest BCUT2D eigenvalue weighted by atomic mass is 10.0. The van der Waals surface area contributed by atoms with Gasteiger partial charge in [0.05, 0.1) is 6.61 Å². The molecule has 88 valence electrons. The molecule has 0 bridgehead atoms. The molecule has 1 unspecified atom stereocenters. The Balaban J connectivity index is 2.26. The number of benzene rings is 1. The number of nitrogens with two attached hydrogens (primary N) is 1. The average Bonchev–Trinajstić information content (AvgIpc) is 2.73. The molecule has 0 aromatic heterocycles. The van der Waals surface area contributed by atoms with E-state index in [0.717, 1.165) is 42.2 Å². The SMILES string of the molecule is CCC(Cc1cc(Cl)cc2c1OCC2)NN. The van der Waals surface area contributed by atoms with Gasteiger partial charge in [0, 0.05) is 17.5 Å². The van der Waals surface area contributed by atoms with Crippen LogP contribution < -0.4 is 16.0 Å². The fraction of sp³-hybridized carbons (Fsp3) is 0.500. The quantitative estimate of drug-likeness (QED) is 0.626. The first-order valence-corrected chi connectivity index (χ1v) is 6.02. The Kier molecular flexibility index (Phi) is 3.69. The van der Waals surface area contributed by atoms with E-state index in [9.17, 15) is 0 Å². The number of hydrazine groups is 1. The van der Waals surface area contributed by atoms with Crippen molar-refractivity contribution in [1.29, 1.82) is 0 Å². The Morgan fingerprint density at radius 1 is 1.56 bits per heavy atom. The minimum Gasteiger partial charge on any atom is -0.493 e. The van der Waals surface area contributed by atoms with Gasteiger partial charge in [-0.2, -0.15) is 0 Å². The van der Waals surface area contributed by atoms with Gasteiger partial charge in [-0.05, 0) is 36.1 Å². The third kappa shape index (κ3) is 2.32. The van der Waals surface area contributed by atoms with E-state index in [1.807, 2.05) is 12.1 Å². The van der Waals surface area contributed by atoms with Crippen LogP contribution in [0.2, 0.25) is 5.02 Å². The van der Waals surface area contributed by atoms with Crippen molar-refractivity contribution < 1.29 is 4.74 Å². The number of nitrogens with one attached hydrogen (secondary N) is 1. The molecule has 4 heteroatoms. The van der Waals surface area contributed by atoms with Crippen LogP contribution in [-0.2, 0) is 12.8 Å². The highest BCUT2D eigenvalue weighted by molar-refractivity contribution is 6.30. The van der Waals surface area contributed by atoms with Gasteiger partial charge in [0.25, 0.3) is 0 Å². The summed E-state index contributed by atoms with van der Waals surface area (Å²) in [6.07, 6.45) is 2.80. The van der Waals surface area contributed by atoms with E-state index in [2.05, 4.69) is 12.3 Å². The molecule has 0 fully saturated rings. The number of rotatable bonds is 4. The highest BCUT2D eigenvalue weighted by Gasteiger charge is 2.19. The number of hydrogen-bond donors (Lipinski definition) is 2. The van der Waals surface area contributed by atoms with Crippen molar-refractivity contribution >= 4 is 11.6 Å².